The van der Waals surface area contributed by atoms with Gasteiger partial charge in [-0.05, 0) is 40.8 Å². The molecule has 2 aromatic carbocycles. The number of hydrogen-bond donors (Lipinski definition) is 1. The van der Waals surface area contributed by atoms with Gasteiger partial charge in [-0.15, -0.1) is 35.4 Å². The monoisotopic (exact) mass is 687 g/mol. The van der Waals surface area contributed by atoms with Crippen LogP contribution in [0, 0.1) is 16.9 Å². The van der Waals surface area contributed by atoms with Gasteiger partial charge < -0.3 is 5.11 Å². The van der Waals surface area contributed by atoms with E-state index < -0.39 is 5.41 Å². The number of ketones is 1. The van der Waals surface area contributed by atoms with Crippen LogP contribution in [-0.2, 0) is 35.7 Å². The van der Waals surface area contributed by atoms with E-state index in [2.05, 4.69) is 54.6 Å². The summed E-state index contributed by atoms with van der Waals surface area (Å²) in [6.07, 6.45) is 9.36. The summed E-state index contributed by atoms with van der Waals surface area (Å²) in [6.45, 7) is 11.1. The van der Waals surface area contributed by atoms with E-state index in [-0.39, 0.29) is 37.1 Å². The van der Waals surface area contributed by atoms with Crippen molar-refractivity contribution in [1.82, 2.24) is 4.98 Å². The molecule has 0 spiro atoms. The average molecular weight is 687 g/mol. The number of aliphatic hydroxyl groups excluding tert-OH is 1. The van der Waals surface area contributed by atoms with Gasteiger partial charge in [0, 0.05) is 37.0 Å². The topological polar surface area (TPSA) is 50.2 Å². The van der Waals surface area contributed by atoms with Crippen molar-refractivity contribution in [3.05, 3.63) is 77.6 Å². The van der Waals surface area contributed by atoms with Crippen molar-refractivity contribution in [2.24, 2.45) is 10.8 Å². The third kappa shape index (κ3) is 4.58. The maximum Gasteiger partial charge on any atom is 0.164 e. The molecule has 3 aliphatic rings. The average Bonchev–Trinajstić information content (AvgIpc) is 3.41. The number of pyridine rings is 1. The van der Waals surface area contributed by atoms with Gasteiger partial charge in [0.2, 0.25) is 0 Å². The minimum atomic E-state index is -0.417. The summed E-state index contributed by atoms with van der Waals surface area (Å²) in [5, 5.41) is 10.8. The van der Waals surface area contributed by atoms with Crippen LogP contribution in [0.4, 0.5) is 0 Å². The normalized spacial score (nSPS) is 23.8. The summed E-state index contributed by atoms with van der Waals surface area (Å²) in [5.41, 5.74) is 6.56. The fraction of sp³-hybridized carbons (Fsp3) is 0.471. The van der Waals surface area contributed by atoms with E-state index in [1.165, 1.54) is 72.4 Å². The third-order valence-electron chi connectivity index (χ3n) is 8.95. The van der Waals surface area contributed by atoms with Crippen LogP contribution in [0.25, 0.3) is 22.2 Å². The number of benzene rings is 2. The summed E-state index contributed by atoms with van der Waals surface area (Å²) in [6, 6.07) is 21.2. The van der Waals surface area contributed by atoms with Crippen molar-refractivity contribution >= 4 is 16.7 Å². The summed E-state index contributed by atoms with van der Waals surface area (Å²) >= 11 is 0. The predicted molar refractivity (Wildman–Crippen MR) is 152 cm³/mol. The smallest absolute Gasteiger partial charge is 0.164 e. The maximum atomic E-state index is 11.5. The molecule has 38 heavy (non-hydrogen) atoms. The standard InChI is InChI=1S/C23H20N.C11H20O2.Ir/c1-4-10-20-16(7-1)15-19-21(24-20)17-8-2-3-9-18(17)22-11-5-13-23(19,22)14-6-12-22;1-10(2,3)8(12)7-9(13)11(4,5)6;/h1-4,7,9-10,15H,5-6,11-14H2;7,12H,1-6H3;/q-1;;. The molecule has 1 heterocycles. The summed E-state index contributed by atoms with van der Waals surface area (Å²) < 4.78 is 0. The number of rotatable bonds is 1. The Bertz CT molecular complexity index is 1380. The first-order valence-corrected chi connectivity index (χ1v) is 13.8. The van der Waals surface area contributed by atoms with Crippen LogP contribution in [0.3, 0.4) is 0 Å². The molecule has 0 aliphatic heterocycles. The predicted octanol–water partition coefficient (Wildman–Crippen LogP) is 8.65. The molecule has 203 valence electrons. The molecule has 3 aliphatic carbocycles. The first-order chi connectivity index (χ1) is 17.4. The molecule has 1 N–H and O–H groups in total. The molecule has 0 amide bonds. The molecule has 3 nitrogen and oxygen atoms in total. The Hall–Kier alpha value is -2.29. The fourth-order valence-electron chi connectivity index (χ4n) is 6.91. The molecular weight excluding hydrogens is 647 g/mol. The number of allylic oxidation sites excluding steroid dienone is 2. The Morgan fingerprint density at radius 1 is 0.895 bits per heavy atom. The van der Waals surface area contributed by atoms with Crippen LogP contribution < -0.4 is 0 Å². The summed E-state index contributed by atoms with van der Waals surface area (Å²) in [7, 11) is 0. The van der Waals surface area contributed by atoms with Gasteiger partial charge in [0.15, 0.2) is 5.78 Å². The molecule has 0 bridgehead atoms. The molecule has 2 fully saturated rings. The molecule has 0 saturated heterocycles. The van der Waals surface area contributed by atoms with Crippen molar-refractivity contribution in [2.75, 3.05) is 0 Å². The number of fused-ring (bicyclic) bond motifs is 4. The van der Waals surface area contributed by atoms with Crippen LogP contribution in [0.15, 0.2) is 60.4 Å². The third-order valence-corrected chi connectivity index (χ3v) is 8.95. The van der Waals surface area contributed by atoms with E-state index >= 15 is 0 Å². The zero-order valence-electron chi connectivity index (χ0n) is 23.6. The quantitative estimate of drug-likeness (QED) is 0.158. The fourth-order valence-corrected chi connectivity index (χ4v) is 6.91. The first-order valence-electron chi connectivity index (χ1n) is 13.8. The van der Waals surface area contributed by atoms with E-state index in [4.69, 9.17) is 4.98 Å². The number of carbonyl (C=O) groups excluding carboxylic acids is 1. The molecule has 1 radical (unpaired) electrons. The largest absolute Gasteiger partial charge is 0.512 e. The van der Waals surface area contributed by atoms with Gasteiger partial charge >= 0.3 is 0 Å². The Morgan fingerprint density at radius 3 is 2.11 bits per heavy atom. The molecule has 4 heteroatoms. The number of para-hydroxylation sites is 1. The zero-order chi connectivity index (χ0) is 26.6. The summed E-state index contributed by atoms with van der Waals surface area (Å²) in [4.78, 5) is 16.6. The molecule has 2 saturated carbocycles. The van der Waals surface area contributed by atoms with Gasteiger partial charge in [0.25, 0.3) is 0 Å². The van der Waals surface area contributed by atoms with E-state index in [1.807, 2.05) is 41.5 Å². The number of hydrogen-bond acceptors (Lipinski definition) is 3. The van der Waals surface area contributed by atoms with Crippen molar-refractivity contribution in [2.45, 2.75) is 90.9 Å². The molecule has 6 rings (SSSR count). The minimum Gasteiger partial charge on any atom is -0.512 e. The molecular formula is C34H40IrNO2-. The van der Waals surface area contributed by atoms with Crippen LogP contribution in [-0.4, -0.2) is 15.9 Å². The van der Waals surface area contributed by atoms with Gasteiger partial charge in [0.05, 0.1) is 5.52 Å². The van der Waals surface area contributed by atoms with E-state index in [0.29, 0.717) is 10.8 Å². The van der Waals surface area contributed by atoms with E-state index in [0.717, 1.165) is 5.52 Å². The Kier molecular flexibility index (Phi) is 7.58. The van der Waals surface area contributed by atoms with Crippen molar-refractivity contribution < 1.29 is 30.0 Å². The van der Waals surface area contributed by atoms with Gasteiger partial charge in [0.1, 0.15) is 5.76 Å². The minimum absolute atomic E-state index is 0. The Morgan fingerprint density at radius 2 is 1.50 bits per heavy atom. The van der Waals surface area contributed by atoms with Crippen LogP contribution >= 0.6 is 0 Å². The van der Waals surface area contributed by atoms with Crippen molar-refractivity contribution in [3.63, 3.8) is 0 Å². The SMILES string of the molecule is CC(C)(C)C(=O)C=C(O)C(C)(C)C.[Ir].[c-]1cccc2c1-c1nc3ccccc3cc1C13CCCC21CCC3. The number of nitrogens with zero attached hydrogens (tertiary/aromatic N) is 1. The Labute approximate surface area is 241 Å². The zero-order valence-corrected chi connectivity index (χ0v) is 26.0. The summed E-state index contributed by atoms with van der Waals surface area (Å²) in [5.74, 6) is 0.104. The van der Waals surface area contributed by atoms with Gasteiger partial charge in [-0.1, -0.05) is 97.1 Å². The van der Waals surface area contributed by atoms with Gasteiger partial charge in [-0.3, -0.25) is 9.78 Å². The number of carbonyl (C=O) groups is 1. The second-order valence-corrected chi connectivity index (χ2v) is 13.3. The van der Waals surface area contributed by atoms with Crippen LogP contribution in [0.1, 0.15) is 91.2 Å². The first kappa shape index (κ1) is 28.7. The second kappa shape index (κ2) is 10.0. The van der Waals surface area contributed by atoms with Gasteiger partial charge in [-0.2, -0.15) is 0 Å². The maximum absolute atomic E-state index is 11.5. The Balaban J connectivity index is 0.000000209. The van der Waals surface area contributed by atoms with Crippen molar-refractivity contribution in [1.29, 1.82) is 0 Å². The number of aliphatic hydroxyl groups is 1. The van der Waals surface area contributed by atoms with E-state index in [9.17, 15) is 9.90 Å². The molecule has 1 aromatic heterocycles. The number of aromatic nitrogens is 1. The molecule has 0 unspecified atom stereocenters. The molecule has 3 aromatic rings. The van der Waals surface area contributed by atoms with E-state index in [1.54, 1.807) is 0 Å². The second-order valence-electron chi connectivity index (χ2n) is 13.3. The van der Waals surface area contributed by atoms with Gasteiger partial charge in [-0.25, -0.2) is 0 Å². The van der Waals surface area contributed by atoms with Crippen LogP contribution in [0.5, 0.6) is 0 Å². The van der Waals surface area contributed by atoms with Crippen molar-refractivity contribution in [3.8, 4) is 11.3 Å². The van der Waals surface area contributed by atoms with Crippen LogP contribution in [0.2, 0.25) is 0 Å². The molecule has 0 atom stereocenters.